The molecule has 1 atom stereocenters. The third kappa shape index (κ3) is 1.97. The fourth-order valence-electron chi connectivity index (χ4n) is 1.85. The van der Waals surface area contributed by atoms with E-state index in [4.69, 9.17) is 10.5 Å². The molecule has 1 rings (SSSR count). The van der Waals surface area contributed by atoms with Gasteiger partial charge in [0.25, 0.3) is 0 Å². The number of nitrogens with two attached hydrogens (primary N) is 1. The number of likely N-dealkylation sites (tertiary alicyclic amines) is 1. The summed E-state index contributed by atoms with van der Waals surface area (Å²) in [4.78, 5) is 2.39. The predicted octanol–water partition coefficient (Wildman–Crippen LogP) is 0.446. The van der Waals surface area contributed by atoms with Gasteiger partial charge in [0.2, 0.25) is 0 Å². The average Bonchev–Trinajstić information content (AvgIpc) is 2.50. The Kier molecular flexibility index (Phi) is 3.50. The van der Waals surface area contributed by atoms with Crippen LogP contribution in [0.15, 0.2) is 0 Å². The highest BCUT2D eigenvalue weighted by molar-refractivity contribution is 4.92. The van der Waals surface area contributed by atoms with Crippen LogP contribution >= 0.6 is 0 Å². The maximum atomic E-state index is 5.72. The van der Waals surface area contributed by atoms with Gasteiger partial charge < -0.3 is 15.4 Å². The number of hydrogen-bond acceptors (Lipinski definition) is 3. The molecule has 0 radical (unpaired) electrons. The Balaban J connectivity index is 2.47. The molecule has 1 fully saturated rings. The van der Waals surface area contributed by atoms with E-state index in [2.05, 4.69) is 11.8 Å². The number of nitrogens with zero attached hydrogens (tertiary/aromatic N) is 1. The Morgan fingerprint density at radius 3 is 2.67 bits per heavy atom. The summed E-state index contributed by atoms with van der Waals surface area (Å²) in [5.74, 6) is 0. The standard InChI is InChI=1S/C9H20N2O/c1-3-11-6-5-9(7-10,8-11)12-4-2/h3-8,10H2,1-2H3. The van der Waals surface area contributed by atoms with Crippen molar-refractivity contribution in [2.45, 2.75) is 25.9 Å². The minimum Gasteiger partial charge on any atom is -0.373 e. The van der Waals surface area contributed by atoms with Crippen LogP contribution in [0.3, 0.4) is 0 Å². The van der Waals surface area contributed by atoms with Crippen molar-refractivity contribution in [2.24, 2.45) is 5.73 Å². The quantitative estimate of drug-likeness (QED) is 0.669. The van der Waals surface area contributed by atoms with Crippen LogP contribution in [0, 0.1) is 0 Å². The molecule has 3 heteroatoms. The minimum absolute atomic E-state index is 0.0369. The van der Waals surface area contributed by atoms with Gasteiger partial charge in [-0.2, -0.15) is 0 Å². The molecule has 1 aliphatic rings. The first-order chi connectivity index (χ1) is 5.76. The Morgan fingerprint density at radius 2 is 2.25 bits per heavy atom. The van der Waals surface area contributed by atoms with E-state index in [1.165, 1.54) is 0 Å². The van der Waals surface area contributed by atoms with Crippen molar-refractivity contribution in [1.82, 2.24) is 4.90 Å². The van der Waals surface area contributed by atoms with Gasteiger partial charge in [-0.25, -0.2) is 0 Å². The van der Waals surface area contributed by atoms with Crippen molar-refractivity contribution in [2.75, 3.05) is 32.8 Å². The molecule has 0 aromatic heterocycles. The molecule has 0 aliphatic carbocycles. The Morgan fingerprint density at radius 1 is 1.50 bits per heavy atom. The number of likely N-dealkylation sites (N-methyl/N-ethyl adjacent to an activating group) is 1. The molecule has 72 valence electrons. The molecule has 3 nitrogen and oxygen atoms in total. The summed E-state index contributed by atoms with van der Waals surface area (Å²) in [5.41, 5.74) is 5.68. The second-order valence-electron chi connectivity index (χ2n) is 3.44. The minimum atomic E-state index is -0.0369. The summed E-state index contributed by atoms with van der Waals surface area (Å²) in [6, 6.07) is 0. The normalized spacial score (nSPS) is 31.2. The van der Waals surface area contributed by atoms with Crippen molar-refractivity contribution >= 4 is 0 Å². The molecule has 0 saturated carbocycles. The van der Waals surface area contributed by atoms with E-state index >= 15 is 0 Å². The first-order valence-corrected chi connectivity index (χ1v) is 4.82. The highest BCUT2D eigenvalue weighted by atomic mass is 16.5. The van der Waals surface area contributed by atoms with Crippen molar-refractivity contribution < 1.29 is 4.74 Å². The van der Waals surface area contributed by atoms with Crippen molar-refractivity contribution in [3.63, 3.8) is 0 Å². The highest BCUT2D eigenvalue weighted by Gasteiger charge is 2.36. The molecule has 1 heterocycles. The maximum absolute atomic E-state index is 5.72. The summed E-state index contributed by atoms with van der Waals surface area (Å²) in [7, 11) is 0. The van der Waals surface area contributed by atoms with Gasteiger partial charge in [-0.1, -0.05) is 6.92 Å². The van der Waals surface area contributed by atoms with Crippen LogP contribution in [-0.2, 0) is 4.74 Å². The van der Waals surface area contributed by atoms with Gasteiger partial charge in [-0.3, -0.25) is 0 Å². The lowest BCUT2D eigenvalue weighted by Gasteiger charge is -2.27. The zero-order chi connectivity index (χ0) is 9.03. The molecule has 12 heavy (non-hydrogen) atoms. The van der Waals surface area contributed by atoms with Gasteiger partial charge in [0.1, 0.15) is 0 Å². The molecule has 0 aromatic carbocycles. The van der Waals surface area contributed by atoms with E-state index in [-0.39, 0.29) is 5.60 Å². The molecule has 0 aromatic rings. The lowest BCUT2D eigenvalue weighted by molar-refractivity contribution is -0.0234. The first kappa shape index (κ1) is 9.96. The maximum Gasteiger partial charge on any atom is 0.0942 e. The predicted molar refractivity (Wildman–Crippen MR) is 50.1 cm³/mol. The van der Waals surface area contributed by atoms with Crippen LogP contribution in [0.1, 0.15) is 20.3 Å². The molecule has 1 aliphatic heterocycles. The third-order valence-electron chi connectivity index (χ3n) is 2.67. The van der Waals surface area contributed by atoms with Crippen molar-refractivity contribution in [3.8, 4) is 0 Å². The van der Waals surface area contributed by atoms with E-state index in [1.54, 1.807) is 0 Å². The van der Waals surface area contributed by atoms with Gasteiger partial charge in [0.05, 0.1) is 5.60 Å². The van der Waals surface area contributed by atoms with Crippen LogP contribution in [-0.4, -0.2) is 43.3 Å². The molecule has 2 N–H and O–H groups in total. The van der Waals surface area contributed by atoms with Gasteiger partial charge in [-0.15, -0.1) is 0 Å². The summed E-state index contributed by atoms with van der Waals surface area (Å²) < 4.78 is 5.70. The second kappa shape index (κ2) is 4.21. The molecule has 1 saturated heterocycles. The zero-order valence-electron chi connectivity index (χ0n) is 8.18. The molecule has 0 bridgehead atoms. The van der Waals surface area contributed by atoms with Crippen LogP contribution < -0.4 is 5.73 Å². The molecular formula is C9H20N2O. The molecule has 0 spiro atoms. The van der Waals surface area contributed by atoms with E-state index < -0.39 is 0 Å². The van der Waals surface area contributed by atoms with Crippen molar-refractivity contribution in [1.29, 1.82) is 0 Å². The fourth-order valence-corrected chi connectivity index (χ4v) is 1.85. The molecule has 1 unspecified atom stereocenters. The third-order valence-corrected chi connectivity index (χ3v) is 2.67. The fraction of sp³-hybridized carbons (Fsp3) is 1.00. The zero-order valence-corrected chi connectivity index (χ0v) is 8.18. The molecule has 0 amide bonds. The Labute approximate surface area is 74.9 Å². The van der Waals surface area contributed by atoms with E-state index in [0.29, 0.717) is 6.54 Å². The monoisotopic (exact) mass is 172 g/mol. The second-order valence-corrected chi connectivity index (χ2v) is 3.44. The largest absolute Gasteiger partial charge is 0.373 e. The van der Waals surface area contributed by atoms with Crippen LogP contribution in [0.4, 0.5) is 0 Å². The summed E-state index contributed by atoms with van der Waals surface area (Å²) >= 11 is 0. The Hall–Kier alpha value is -0.120. The van der Waals surface area contributed by atoms with E-state index in [0.717, 1.165) is 32.7 Å². The number of hydrogen-bond donors (Lipinski definition) is 1. The topological polar surface area (TPSA) is 38.5 Å². The first-order valence-electron chi connectivity index (χ1n) is 4.82. The Bertz CT molecular complexity index is 140. The van der Waals surface area contributed by atoms with Gasteiger partial charge in [-0.05, 0) is 19.9 Å². The number of rotatable bonds is 4. The lowest BCUT2D eigenvalue weighted by atomic mass is 10.0. The van der Waals surface area contributed by atoms with E-state index in [9.17, 15) is 0 Å². The van der Waals surface area contributed by atoms with Gasteiger partial charge in [0, 0.05) is 26.2 Å². The summed E-state index contributed by atoms with van der Waals surface area (Å²) in [6.45, 7) is 8.88. The van der Waals surface area contributed by atoms with Crippen LogP contribution in [0.2, 0.25) is 0 Å². The number of ether oxygens (including phenoxy) is 1. The SMILES string of the molecule is CCOC1(CN)CCN(CC)C1. The summed E-state index contributed by atoms with van der Waals surface area (Å²) in [6.07, 6.45) is 1.09. The smallest absolute Gasteiger partial charge is 0.0942 e. The average molecular weight is 172 g/mol. The van der Waals surface area contributed by atoms with Gasteiger partial charge >= 0.3 is 0 Å². The highest BCUT2D eigenvalue weighted by Crippen LogP contribution is 2.23. The van der Waals surface area contributed by atoms with Gasteiger partial charge in [0.15, 0.2) is 0 Å². The van der Waals surface area contributed by atoms with Crippen molar-refractivity contribution in [3.05, 3.63) is 0 Å². The lowest BCUT2D eigenvalue weighted by Crippen LogP contribution is -2.43. The van der Waals surface area contributed by atoms with Crippen LogP contribution in [0.25, 0.3) is 0 Å². The summed E-state index contributed by atoms with van der Waals surface area (Å²) in [5, 5.41) is 0. The van der Waals surface area contributed by atoms with E-state index in [1.807, 2.05) is 6.92 Å². The van der Waals surface area contributed by atoms with Crippen LogP contribution in [0.5, 0.6) is 0 Å². The molecular weight excluding hydrogens is 152 g/mol.